The smallest absolute Gasteiger partial charge is 0.340 e. The van der Waals surface area contributed by atoms with Crippen molar-refractivity contribution in [3.8, 4) is 0 Å². The minimum Gasteiger partial charge on any atom is -0.462 e. The fraction of sp³-hybridized carbons (Fsp3) is 0.231. The van der Waals surface area contributed by atoms with E-state index in [2.05, 4.69) is 10.6 Å². The van der Waals surface area contributed by atoms with E-state index in [4.69, 9.17) is 9.47 Å². The van der Waals surface area contributed by atoms with E-state index in [-0.39, 0.29) is 13.2 Å². The van der Waals surface area contributed by atoms with Crippen molar-refractivity contribution in [1.82, 2.24) is 0 Å². The van der Waals surface area contributed by atoms with Crippen molar-refractivity contribution in [2.45, 2.75) is 27.7 Å². The molecule has 32 heavy (non-hydrogen) atoms. The first-order chi connectivity index (χ1) is 15.4. The van der Waals surface area contributed by atoms with E-state index in [0.717, 1.165) is 22.5 Å². The summed E-state index contributed by atoms with van der Waals surface area (Å²) >= 11 is 0. The summed E-state index contributed by atoms with van der Waals surface area (Å²) in [6, 6.07) is 18.7. The first-order valence-corrected chi connectivity index (χ1v) is 10.6. The predicted molar refractivity (Wildman–Crippen MR) is 127 cm³/mol. The molecule has 0 aliphatic heterocycles. The summed E-state index contributed by atoms with van der Waals surface area (Å²) in [7, 11) is 0. The summed E-state index contributed by atoms with van der Waals surface area (Å²) in [6.45, 7) is 7.98. The molecule has 166 valence electrons. The minimum atomic E-state index is -0.482. The molecule has 6 heteroatoms. The lowest BCUT2D eigenvalue weighted by Gasteiger charge is -2.18. The average Bonchev–Trinajstić information content (AvgIpc) is 2.78. The molecule has 0 aliphatic rings. The highest BCUT2D eigenvalue weighted by Gasteiger charge is 2.21. The molecule has 0 bridgehead atoms. The molecule has 3 aromatic rings. The molecule has 0 spiro atoms. The molecule has 3 aromatic carbocycles. The Morgan fingerprint density at radius 3 is 1.31 bits per heavy atom. The average molecular weight is 433 g/mol. The first-order valence-electron chi connectivity index (χ1n) is 10.6. The summed E-state index contributed by atoms with van der Waals surface area (Å²) in [5.74, 6) is -0.964. The van der Waals surface area contributed by atoms with Gasteiger partial charge in [0.25, 0.3) is 0 Å². The van der Waals surface area contributed by atoms with E-state index in [1.807, 2.05) is 62.4 Å². The Kier molecular flexibility index (Phi) is 7.49. The molecule has 0 saturated carbocycles. The number of rotatable bonds is 8. The van der Waals surface area contributed by atoms with Crippen molar-refractivity contribution in [2.75, 3.05) is 23.8 Å². The van der Waals surface area contributed by atoms with Crippen molar-refractivity contribution < 1.29 is 19.1 Å². The third-order valence-corrected chi connectivity index (χ3v) is 4.81. The van der Waals surface area contributed by atoms with Crippen LogP contribution in [-0.4, -0.2) is 25.2 Å². The van der Waals surface area contributed by atoms with Crippen LogP contribution in [0.15, 0.2) is 60.7 Å². The third kappa shape index (κ3) is 5.66. The van der Waals surface area contributed by atoms with Gasteiger partial charge in [-0.25, -0.2) is 9.59 Å². The molecular formula is C26H28N2O4. The van der Waals surface area contributed by atoms with E-state index < -0.39 is 11.9 Å². The zero-order valence-electron chi connectivity index (χ0n) is 18.8. The van der Waals surface area contributed by atoms with Gasteiger partial charge in [-0.3, -0.25) is 0 Å². The highest BCUT2D eigenvalue weighted by atomic mass is 16.5. The Balaban J connectivity index is 2.10. The molecule has 6 nitrogen and oxygen atoms in total. The number of hydrogen-bond acceptors (Lipinski definition) is 6. The van der Waals surface area contributed by atoms with Crippen molar-refractivity contribution in [1.29, 1.82) is 0 Å². The van der Waals surface area contributed by atoms with E-state index in [0.29, 0.717) is 22.5 Å². The molecule has 0 fully saturated rings. The summed E-state index contributed by atoms with van der Waals surface area (Å²) < 4.78 is 10.5. The van der Waals surface area contributed by atoms with Crippen LogP contribution in [0.3, 0.4) is 0 Å². The van der Waals surface area contributed by atoms with Gasteiger partial charge in [-0.05, 0) is 64.1 Å². The van der Waals surface area contributed by atoms with Gasteiger partial charge in [-0.1, -0.05) is 35.4 Å². The maximum atomic E-state index is 12.8. The van der Waals surface area contributed by atoms with Crippen molar-refractivity contribution >= 4 is 34.7 Å². The number of hydrogen-bond donors (Lipinski definition) is 2. The number of aryl methyl sites for hydroxylation is 2. The monoisotopic (exact) mass is 432 g/mol. The van der Waals surface area contributed by atoms with Crippen LogP contribution in [-0.2, 0) is 9.47 Å². The van der Waals surface area contributed by atoms with Crippen LogP contribution < -0.4 is 10.6 Å². The summed E-state index contributed by atoms with van der Waals surface area (Å²) in [6.07, 6.45) is 0. The molecule has 0 aromatic heterocycles. The maximum absolute atomic E-state index is 12.8. The second-order valence-electron chi connectivity index (χ2n) is 7.37. The van der Waals surface area contributed by atoms with Crippen LogP contribution >= 0.6 is 0 Å². The molecule has 0 unspecified atom stereocenters. The largest absolute Gasteiger partial charge is 0.462 e. The number of esters is 2. The Morgan fingerprint density at radius 1 is 0.656 bits per heavy atom. The van der Waals surface area contributed by atoms with Gasteiger partial charge in [0.05, 0.1) is 35.7 Å². The number of benzene rings is 3. The van der Waals surface area contributed by atoms with E-state index in [9.17, 15) is 9.59 Å². The zero-order chi connectivity index (χ0) is 23.1. The second kappa shape index (κ2) is 10.5. The van der Waals surface area contributed by atoms with Gasteiger partial charge in [0.15, 0.2) is 0 Å². The predicted octanol–water partition coefficient (Wildman–Crippen LogP) is 6.14. The van der Waals surface area contributed by atoms with Crippen molar-refractivity contribution in [2.24, 2.45) is 0 Å². The van der Waals surface area contributed by atoms with Crippen LogP contribution in [0, 0.1) is 13.8 Å². The lowest BCUT2D eigenvalue weighted by molar-refractivity contribution is 0.0513. The number of ether oxygens (including phenoxy) is 2. The molecule has 0 atom stereocenters. The molecule has 0 radical (unpaired) electrons. The quantitative estimate of drug-likeness (QED) is 0.416. The maximum Gasteiger partial charge on any atom is 0.340 e. The number of carbonyl (C=O) groups excluding carboxylic acids is 2. The standard InChI is InChI=1S/C26H28N2O4/c1-5-31-25(29)21-15-24(28-20-13-9-18(4)10-14-20)22(26(30)32-6-2)16-23(21)27-19-11-7-17(3)8-12-19/h7-16,27-28H,5-6H2,1-4H3. The summed E-state index contributed by atoms with van der Waals surface area (Å²) in [5.41, 5.74) is 5.36. The van der Waals surface area contributed by atoms with Gasteiger partial charge in [0, 0.05) is 11.4 Å². The van der Waals surface area contributed by atoms with Gasteiger partial charge in [0.2, 0.25) is 0 Å². The molecule has 0 amide bonds. The second-order valence-corrected chi connectivity index (χ2v) is 7.37. The van der Waals surface area contributed by atoms with Crippen LogP contribution in [0.25, 0.3) is 0 Å². The SMILES string of the molecule is CCOC(=O)c1cc(Nc2ccc(C)cc2)c(C(=O)OCC)cc1Nc1ccc(C)cc1. The molecule has 3 rings (SSSR count). The highest BCUT2D eigenvalue weighted by molar-refractivity contribution is 6.04. The highest BCUT2D eigenvalue weighted by Crippen LogP contribution is 2.31. The van der Waals surface area contributed by atoms with Gasteiger partial charge >= 0.3 is 11.9 Å². The normalized spacial score (nSPS) is 10.4. The Hall–Kier alpha value is -3.80. The van der Waals surface area contributed by atoms with E-state index >= 15 is 0 Å². The fourth-order valence-electron chi connectivity index (χ4n) is 3.15. The Labute approximate surface area is 188 Å². The number of anilines is 4. The molecular weight excluding hydrogens is 404 g/mol. The number of carbonyl (C=O) groups is 2. The van der Waals surface area contributed by atoms with Crippen LogP contribution in [0.1, 0.15) is 45.7 Å². The molecule has 2 N–H and O–H groups in total. The van der Waals surface area contributed by atoms with Gasteiger partial charge in [-0.2, -0.15) is 0 Å². The Bertz CT molecular complexity index is 1000. The van der Waals surface area contributed by atoms with Gasteiger partial charge in [-0.15, -0.1) is 0 Å². The Morgan fingerprint density at radius 2 is 1.00 bits per heavy atom. The first kappa shape index (κ1) is 22.9. The zero-order valence-corrected chi connectivity index (χ0v) is 18.8. The van der Waals surface area contributed by atoms with E-state index in [1.54, 1.807) is 26.0 Å². The minimum absolute atomic E-state index is 0.239. The van der Waals surface area contributed by atoms with Gasteiger partial charge in [0.1, 0.15) is 0 Å². The molecule has 0 saturated heterocycles. The third-order valence-electron chi connectivity index (χ3n) is 4.81. The summed E-state index contributed by atoms with van der Waals surface area (Å²) in [4.78, 5) is 25.5. The number of nitrogens with one attached hydrogen (secondary N) is 2. The van der Waals surface area contributed by atoms with Crippen molar-refractivity contribution in [3.05, 3.63) is 82.9 Å². The summed E-state index contributed by atoms with van der Waals surface area (Å²) in [5, 5.41) is 6.48. The van der Waals surface area contributed by atoms with Crippen LogP contribution in [0.5, 0.6) is 0 Å². The molecule has 0 heterocycles. The topological polar surface area (TPSA) is 76.7 Å². The van der Waals surface area contributed by atoms with Crippen LogP contribution in [0.2, 0.25) is 0 Å². The van der Waals surface area contributed by atoms with E-state index in [1.165, 1.54) is 0 Å². The van der Waals surface area contributed by atoms with Gasteiger partial charge < -0.3 is 20.1 Å². The van der Waals surface area contributed by atoms with Crippen LogP contribution in [0.4, 0.5) is 22.7 Å². The fourth-order valence-corrected chi connectivity index (χ4v) is 3.15. The molecule has 0 aliphatic carbocycles. The van der Waals surface area contributed by atoms with Crippen molar-refractivity contribution in [3.63, 3.8) is 0 Å². The lowest BCUT2D eigenvalue weighted by atomic mass is 10.0. The lowest BCUT2D eigenvalue weighted by Crippen LogP contribution is -2.13.